The number of hydrogen-bond acceptors (Lipinski definition) is 2. The van der Waals surface area contributed by atoms with Gasteiger partial charge in [-0.2, -0.15) is 0 Å². The fourth-order valence-corrected chi connectivity index (χ4v) is 2.52. The minimum atomic E-state index is -0.259. The summed E-state index contributed by atoms with van der Waals surface area (Å²) in [6, 6.07) is 0. The van der Waals surface area contributed by atoms with Crippen LogP contribution in [0, 0.1) is 20.8 Å². The normalized spacial score (nSPS) is 10.4. The van der Waals surface area contributed by atoms with E-state index in [1.165, 1.54) is 0 Å². The molecule has 18 heavy (non-hydrogen) atoms. The number of benzene rings is 1. The molecule has 3 nitrogen and oxygen atoms in total. The molecule has 100 valence electrons. The van der Waals surface area contributed by atoms with Gasteiger partial charge in [0.1, 0.15) is 5.75 Å². The fraction of sp³-hybridized carbons (Fsp3) is 0.462. The maximum absolute atomic E-state index is 11.2. The Morgan fingerprint density at radius 2 is 1.83 bits per heavy atom. The van der Waals surface area contributed by atoms with E-state index in [2.05, 4.69) is 28.6 Å². The van der Waals surface area contributed by atoms with E-state index in [0.717, 1.165) is 32.5 Å². The minimum Gasteiger partial charge on any atom is -0.496 e. The average molecular weight is 332 g/mol. The van der Waals surface area contributed by atoms with Crippen LogP contribution in [0.4, 0.5) is 4.79 Å². The molecule has 5 heteroatoms. The molecule has 0 aromatic heterocycles. The number of carbonyl (C=O) groups is 1. The van der Waals surface area contributed by atoms with Crippen molar-refractivity contribution in [2.24, 2.45) is 0 Å². The summed E-state index contributed by atoms with van der Waals surface area (Å²) in [5.74, 6) is 0.842. The average Bonchev–Trinajstić information content (AvgIpc) is 2.33. The molecular weight excluding hydrogens is 314 g/mol. The van der Waals surface area contributed by atoms with Crippen molar-refractivity contribution in [3.63, 3.8) is 0 Å². The Hall–Kier alpha value is -0.680. The van der Waals surface area contributed by atoms with Crippen LogP contribution in [0.3, 0.4) is 0 Å². The Balaban J connectivity index is 3.38. The SMILES string of the molecule is COc1c(C)c(C)c(Br)c(C)c1CN(C)C(=O)S. The molecular formula is C13H18BrNO2S. The lowest BCUT2D eigenvalue weighted by Crippen LogP contribution is -2.21. The van der Waals surface area contributed by atoms with Gasteiger partial charge in [0.05, 0.1) is 13.7 Å². The zero-order valence-electron chi connectivity index (χ0n) is 11.3. The Labute approximate surface area is 122 Å². The second-order valence-electron chi connectivity index (χ2n) is 4.34. The van der Waals surface area contributed by atoms with Crippen LogP contribution in [0.2, 0.25) is 0 Å². The van der Waals surface area contributed by atoms with Gasteiger partial charge in [0.2, 0.25) is 0 Å². The Bertz CT molecular complexity index is 489. The largest absolute Gasteiger partial charge is 0.496 e. The van der Waals surface area contributed by atoms with Crippen molar-refractivity contribution in [3.05, 3.63) is 26.7 Å². The third kappa shape index (κ3) is 2.83. The summed E-state index contributed by atoms with van der Waals surface area (Å²) < 4.78 is 6.56. The molecule has 0 radical (unpaired) electrons. The lowest BCUT2D eigenvalue weighted by molar-refractivity contribution is 0.231. The van der Waals surface area contributed by atoms with Crippen LogP contribution in [0.15, 0.2) is 4.47 Å². The van der Waals surface area contributed by atoms with Crippen LogP contribution in [0.25, 0.3) is 0 Å². The van der Waals surface area contributed by atoms with Crippen LogP contribution in [-0.2, 0) is 6.54 Å². The van der Waals surface area contributed by atoms with Crippen LogP contribution in [0.1, 0.15) is 22.3 Å². The first kappa shape index (κ1) is 15.4. The smallest absolute Gasteiger partial charge is 0.278 e. The number of methoxy groups -OCH3 is 1. The maximum atomic E-state index is 11.2. The molecule has 0 spiro atoms. The highest BCUT2D eigenvalue weighted by Crippen LogP contribution is 2.36. The summed E-state index contributed by atoms with van der Waals surface area (Å²) in [4.78, 5) is 12.8. The van der Waals surface area contributed by atoms with Crippen molar-refractivity contribution >= 4 is 33.8 Å². The molecule has 0 fully saturated rings. The van der Waals surface area contributed by atoms with E-state index >= 15 is 0 Å². The molecule has 0 saturated carbocycles. The van der Waals surface area contributed by atoms with E-state index in [-0.39, 0.29) is 5.24 Å². The van der Waals surface area contributed by atoms with Gasteiger partial charge in [-0.25, -0.2) is 0 Å². The highest BCUT2D eigenvalue weighted by atomic mass is 79.9. The van der Waals surface area contributed by atoms with Gasteiger partial charge in [0.15, 0.2) is 0 Å². The molecule has 1 rings (SSSR count). The first-order valence-corrected chi connectivity index (χ1v) is 6.81. The number of thiol groups is 1. The molecule has 1 aromatic carbocycles. The molecule has 0 N–H and O–H groups in total. The summed E-state index contributed by atoms with van der Waals surface area (Å²) in [5, 5.41) is -0.259. The van der Waals surface area contributed by atoms with Crippen LogP contribution < -0.4 is 4.74 Å². The van der Waals surface area contributed by atoms with E-state index in [0.29, 0.717) is 6.54 Å². The number of amides is 1. The van der Waals surface area contributed by atoms with Gasteiger partial charge >= 0.3 is 0 Å². The first-order valence-electron chi connectivity index (χ1n) is 5.57. The van der Waals surface area contributed by atoms with Crippen molar-refractivity contribution < 1.29 is 9.53 Å². The number of rotatable bonds is 3. The fourth-order valence-electron chi connectivity index (χ4n) is 1.92. The molecule has 0 bridgehead atoms. The van der Waals surface area contributed by atoms with Gasteiger partial charge in [-0.1, -0.05) is 28.6 Å². The molecule has 1 amide bonds. The lowest BCUT2D eigenvalue weighted by atomic mass is 9.98. The van der Waals surface area contributed by atoms with E-state index in [4.69, 9.17) is 4.74 Å². The molecule has 0 aliphatic carbocycles. The van der Waals surface area contributed by atoms with E-state index in [9.17, 15) is 4.79 Å². The zero-order valence-corrected chi connectivity index (χ0v) is 13.8. The quantitative estimate of drug-likeness (QED) is 0.852. The topological polar surface area (TPSA) is 29.5 Å². The van der Waals surface area contributed by atoms with Crippen molar-refractivity contribution in [1.82, 2.24) is 4.90 Å². The summed E-state index contributed by atoms with van der Waals surface area (Å²) >= 11 is 7.42. The molecule has 0 atom stereocenters. The zero-order chi connectivity index (χ0) is 14.0. The molecule has 0 aliphatic heterocycles. The second-order valence-corrected chi connectivity index (χ2v) is 5.51. The summed E-state index contributed by atoms with van der Waals surface area (Å²) in [6.07, 6.45) is 0. The van der Waals surface area contributed by atoms with Gasteiger partial charge in [-0.05, 0) is 37.5 Å². The number of hydrogen-bond donors (Lipinski definition) is 1. The Morgan fingerprint density at radius 1 is 1.28 bits per heavy atom. The van der Waals surface area contributed by atoms with Gasteiger partial charge < -0.3 is 9.64 Å². The van der Waals surface area contributed by atoms with Crippen LogP contribution >= 0.6 is 28.6 Å². The Kier molecular flexibility index (Phi) is 5.10. The van der Waals surface area contributed by atoms with Gasteiger partial charge in [-0.3, -0.25) is 4.79 Å². The number of halogens is 1. The lowest BCUT2D eigenvalue weighted by Gasteiger charge is -2.22. The molecule has 0 aliphatic rings. The van der Waals surface area contributed by atoms with E-state index in [1.54, 1.807) is 19.1 Å². The molecule has 1 aromatic rings. The summed E-state index contributed by atoms with van der Waals surface area (Å²) in [7, 11) is 3.37. The monoisotopic (exact) mass is 331 g/mol. The first-order chi connectivity index (χ1) is 8.31. The standard InChI is InChI=1S/C13H18BrNO2S/c1-7-8(2)12(17-5)10(9(3)11(7)14)6-15(4)13(16)18/h6H2,1-5H3,(H,16,18). The van der Waals surface area contributed by atoms with Crippen molar-refractivity contribution in [2.75, 3.05) is 14.2 Å². The number of carbonyl (C=O) groups excluding carboxylic acids is 1. The number of nitrogens with zero attached hydrogens (tertiary/aromatic N) is 1. The van der Waals surface area contributed by atoms with Crippen molar-refractivity contribution in [1.29, 1.82) is 0 Å². The third-order valence-corrected chi connectivity index (χ3v) is 4.75. The van der Waals surface area contributed by atoms with Crippen LogP contribution in [0.5, 0.6) is 5.75 Å². The third-order valence-electron chi connectivity index (χ3n) is 3.21. The Morgan fingerprint density at radius 3 is 2.28 bits per heavy atom. The predicted molar refractivity (Wildman–Crippen MR) is 80.8 cm³/mol. The minimum absolute atomic E-state index is 0.259. The van der Waals surface area contributed by atoms with E-state index in [1.807, 2.05) is 20.8 Å². The summed E-state index contributed by atoms with van der Waals surface area (Å²) in [6.45, 7) is 6.57. The van der Waals surface area contributed by atoms with Gasteiger partial charge in [0.25, 0.3) is 5.24 Å². The van der Waals surface area contributed by atoms with Crippen molar-refractivity contribution in [3.8, 4) is 5.75 Å². The molecule has 0 saturated heterocycles. The maximum Gasteiger partial charge on any atom is 0.278 e. The second kappa shape index (κ2) is 5.97. The van der Waals surface area contributed by atoms with Gasteiger partial charge in [0, 0.05) is 17.1 Å². The van der Waals surface area contributed by atoms with Gasteiger partial charge in [-0.15, -0.1) is 0 Å². The molecule has 0 heterocycles. The highest BCUT2D eigenvalue weighted by Gasteiger charge is 2.18. The summed E-state index contributed by atoms with van der Waals surface area (Å²) in [5.41, 5.74) is 4.35. The molecule has 0 unspecified atom stereocenters. The van der Waals surface area contributed by atoms with E-state index < -0.39 is 0 Å². The number of ether oxygens (including phenoxy) is 1. The van der Waals surface area contributed by atoms with Crippen LogP contribution in [-0.4, -0.2) is 24.3 Å². The highest BCUT2D eigenvalue weighted by molar-refractivity contribution is 9.10. The predicted octanol–water partition coefficient (Wildman–Crippen LogP) is 3.86. The van der Waals surface area contributed by atoms with Crippen molar-refractivity contribution in [2.45, 2.75) is 27.3 Å².